The van der Waals surface area contributed by atoms with E-state index in [1.54, 1.807) is 0 Å². The Bertz CT molecular complexity index is 1180. The van der Waals surface area contributed by atoms with Crippen LogP contribution in [-0.4, -0.2) is 25.9 Å². The van der Waals surface area contributed by atoms with Crippen LogP contribution in [0.3, 0.4) is 0 Å². The number of anilines is 1. The lowest BCUT2D eigenvalue weighted by molar-refractivity contribution is -0.115. The first-order chi connectivity index (χ1) is 15.6. The Hall–Kier alpha value is -3.58. The molecule has 162 valence electrons. The molecule has 6 nitrogen and oxygen atoms in total. The van der Waals surface area contributed by atoms with Crippen molar-refractivity contribution in [3.63, 3.8) is 0 Å². The number of carbonyl (C=O) groups excluding carboxylic acids is 1. The zero-order valence-electron chi connectivity index (χ0n) is 17.9. The van der Waals surface area contributed by atoms with Crippen LogP contribution in [0.15, 0.2) is 90.1 Å². The monoisotopic (exact) mass is 444 g/mol. The van der Waals surface area contributed by atoms with Crippen LogP contribution in [0, 0.1) is 6.92 Å². The van der Waals surface area contributed by atoms with Crippen molar-refractivity contribution in [2.75, 3.05) is 5.32 Å². The second-order valence-electron chi connectivity index (χ2n) is 7.24. The van der Waals surface area contributed by atoms with Crippen LogP contribution in [0.25, 0.3) is 5.69 Å². The highest BCUT2D eigenvalue weighted by atomic mass is 32.2. The van der Waals surface area contributed by atoms with Crippen molar-refractivity contribution in [3.05, 3.63) is 96.3 Å². The van der Waals surface area contributed by atoms with Crippen molar-refractivity contribution in [1.29, 1.82) is 0 Å². The number of nitrogens with zero attached hydrogens (tertiary/aromatic N) is 3. The molecule has 0 saturated heterocycles. The Balaban J connectivity index is 1.55. The van der Waals surface area contributed by atoms with Crippen LogP contribution in [-0.2, 0) is 11.4 Å². The molecule has 0 fully saturated rings. The fourth-order valence-corrected chi connectivity index (χ4v) is 4.03. The van der Waals surface area contributed by atoms with Crippen molar-refractivity contribution in [2.45, 2.75) is 30.9 Å². The lowest BCUT2D eigenvalue weighted by Gasteiger charge is -2.14. The maximum absolute atomic E-state index is 12.7. The van der Waals surface area contributed by atoms with E-state index in [4.69, 9.17) is 4.74 Å². The second kappa shape index (κ2) is 10.2. The van der Waals surface area contributed by atoms with Gasteiger partial charge in [0.15, 0.2) is 11.0 Å². The summed E-state index contributed by atoms with van der Waals surface area (Å²) in [6.07, 6.45) is 0. The fourth-order valence-electron chi connectivity index (χ4n) is 3.14. The number of carbonyl (C=O) groups is 1. The van der Waals surface area contributed by atoms with Crippen LogP contribution >= 0.6 is 11.8 Å². The molecule has 7 heteroatoms. The number of hydrogen-bond donors (Lipinski definition) is 1. The molecular weight excluding hydrogens is 420 g/mol. The Morgan fingerprint density at radius 1 is 0.969 bits per heavy atom. The SMILES string of the molecule is Cc1ccccc1OCc1nnc(S[C@@H](C)C(=O)Nc2ccccc2)n1-c1ccccc1. The molecule has 0 aliphatic rings. The quantitative estimate of drug-likeness (QED) is 0.375. The van der Waals surface area contributed by atoms with Crippen molar-refractivity contribution in [3.8, 4) is 11.4 Å². The van der Waals surface area contributed by atoms with E-state index in [1.807, 2.05) is 103 Å². The van der Waals surface area contributed by atoms with Gasteiger partial charge in [-0.25, -0.2) is 0 Å². The first-order valence-corrected chi connectivity index (χ1v) is 11.2. The summed E-state index contributed by atoms with van der Waals surface area (Å²) in [7, 11) is 0. The Labute approximate surface area is 191 Å². The van der Waals surface area contributed by atoms with Crippen LogP contribution in [0.1, 0.15) is 18.3 Å². The first-order valence-electron chi connectivity index (χ1n) is 10.3. The van der Waals surface area contributed by atoms with Gasteiger partial charge in [0.2, 0.25) is 5.91 Å². The van der Waals surface area contributed by atoms with Gasteiger partial charge in [0, 0.05) is 11.4 Å². The smallest absolute Gasteiger partial charge is 0.237 e. The van der Waals surface area contributed by atoms with E-state index in [-0.39, 0.29) is 17.8 Å². The molecule has 0 aliphatic heterocycles. The van der Waals surface area contributed by atoms with Crippen molar-refractivity contribution in [1.82, 2.24) is 14.8 Å². The van der Waals surface area contributed by atoms with E-state index in [0.717, 1.165) is 22.7 Å². The molecule has 1 atom stereocenters. The van der Waals surface area contributed by atoms with Gasteiger partial charge in [-0.3, -0.25) is 9.36 Å². The molecule has 1 amide bonds. The number of amides is 1. The van der Waals surface area contributed by atoms with Crippen LogP contribution in [0.5, 0.6) is 5.75 Å². The summed E-state index contributed by atoms with van der Waals surface area (Å²) in [6.45, 7) is 4.12. The fraction of sp³-hybridized carbons (Fsp3) is 0.160. The highest BCUT2D eigenvalue weighted by molar-refractivity contribution is 8.00. The normalized spacial score (nSPS) is 11.7. The molecule has 1 N–H and O–H groups in total. The number of benzene rings is 3. The number of nitrogens with one attached hydrogen (secondary N) is 1. The molecule has 4 rings (SSSR count). The molecule has 0 unspecified atom stereocenters. The predicted molar refractivity (Wildman–Crippen MR) is 127 cm³/mol. The summed E-state index contributed by atoms with van der Waals surface area (Å²) in [5, 5.41) is 11.9. The van der Waals surface area contributed by atoms with Crippen molar-refractivity contribution in [2.24, 2.45) is 0 Å². The topological polar surface area (TPSA) is 69.0 Å². The molecule has 0 saturated carbocycles. The lowest BCUT2D eigenvalue weighted by atomic mass is 10.2. The number of thioether (sulfide) groups is 1. The highest BCUT2D eigenvalue weighted by Crippen LogP contribution is 2.27. The zero-order chi connectivity index (χ0) is 22.3. The molecule has 3 aromatic carbocycles. The largest absolute Gasteiger partial charge is 0.485 e. The Morgan fingerprint density at radius 2 is 1.62 bits per heavy atom. The second-order valence-corrected chi connectivity index (χ2v) is 8.55. The zero-order valence-corrected chi connectivity index (χ0v) is 18.8. The van der Waals surface area contributed by atoms with Crippen molar-refractivity contribution >= 4 is 23.4 Å². The Kier molecular flexibility index (Phi) is 6.87. The third-order valence-electron chi connectivity index (χ3n) is 4.86. The van der Waals surface area contributed by atoms with E-state index in [0.29, 0.717) is 11.0 Å². The number of para-hydroxylation sites is 3. The Morgan fingerprint density at radius 3 is 2.34 bits per heavy atom. The molecule has 0 bridgehead atoms. The molecule has 4 aromatic rings. The highest BCUT2D eigenvalue weighted by Gasteiger charge is 2.21. The van der Waals surface area contributed by atoms with E-state index in [9.17, 15) is 4.79 Å². The van der Waals surface area contributed by atoms with Gasteiger partial charge in [0.1, 0.15) is 12.4 Å². The summed E-state index contributed by atoms with van der Waals surface area (Å²) < 4.78 is 7.96. The third kappa shape index (κ3) is 5.18. The van der Waals surface area contributed by atoms with Crippen LogP contribution in [0.2, 0.25) is 0 Å². The van der Waals surface area contributed by atoms with E-state index >= 15 is 0 Å². The van der Waals surface area contributed by atoms with Gasteiger partial charge in [-0.15, -0.1) is 10.2 Å². The summed E-state index contributed by atoms with van der Waals surface area (Å²) >= 11 is 1.36. The van der Waals surface area contributed by atoms with Gasteiger partial charge in [-0.2, -0.15) is 0 Å². The molecule has 0 radical (unpaired) electrons. The summed E-state index contributed by atoms with van der Waals surface area (Å²) in [6, 6.07) is 27.1. The number of ether oxygens (including phenoxy) is 1. The average Bonchev–Trinajstić information content (AvgIpc) is 3.22. The molecule has 0 spiro atoms. The number of rotatable bonds is 8. The molecular formula is C25H24N4O2S. The van der Waals surface area contributed by atoms with Gasteiger partial charge in [-0.1, -0.05) is 66.4 Å². The minimum absolute atomic E-state index is 0.0958. The van der Waals surface area contributed by atoms with Gasteiger partial charge in [-0.05, 0) is 49.7 Å². The van der Waals surface area contributed by atoms with Crippen LogP contribution < -0.4 is 10.1 Å². The maximum atomic E-state index is 12.7. The van der Waals surface area contributed by atoms with Gasteiger partial charge < -0.3 is 10.1 Å². The molecule has 1 heterocycles. The minimum Gasteiger partial charge on any atom is -0.485 e. The average molecular weight is 445 g/mol. The first kappa shape index (κ1) is 21.6. The maximum Gasteiger partial charge on any atom is 0.237 e. The standard InChI is InChI=1S/C25H24N4O2S/c1-18-11-9-10-16-22(18)31-17-23-27-28-25(29(23)21-14-7-4-8-15-21)32-19(2)24(30)26-20-12-5-3-6-13-20/h3-16,19H,17H2,1-2H3,(H,26,30)/t19-/m0/s1. The van der Waals surface area contributed by atoms with Crippen LogP contribution in [0.4, 0.5) is 5.69 Å². The van der Waals surface area contributed by atoms with Gasteiger partial charge in [0.05, 0.1) is 5.25 Å². The summed E-state index contributed by atoms with van der Waals surface area (Å²) in [4.78, 5) is 12.7. The molecule has 0 aliphatic carbocycles. The molecule has 32 heavy (non-hydrogen) atoms. The summed E-state index contributed by atoms with van der Waals surface area (Å²) in [5.41, 5.74) is 2.74. The summed E-state index contributed by atoms with van der Waals surface area (Å²) in [5.74, 6) is 1.37. The van der Waals surface area contributed by atoms with Gasteiger partial charge >= 0.3 is 0 Å². The van der Waals surface area contributed by atoms with Gasteiger partial charge in [0.25, 0.3) is 0 Å². The number of aryl methyl sites for hydroxylation is 1. The predicted octanol–water partition coefficient (Wildman–Crippen LogP) is 5.27. The third-order valence-corrected chi connectivity index (χ3v) is 5.90. The van der Waals surface area contributed by atoms with E-state index in [2.05, 4.69) is 15.5 Å². The van der Waals surface area contributed by atoms with E-state index < -0.39 is 0 Å². The van der Waals surface area contributed by atoms with E-state index in [1.165, 1.54) is 11.8 Å². The number of aromatic nitrogens is 3. The lowest BCUT2D eigenvalue weighted by Crippen LogP contribution is -2.22. The number of hydrogen-bond acceptors (Lipinski definition) is 5. The molecule has 1 aromatic heterocycles. The minimum atomic E-state index is -0.369. The van der Waals surface area contributed by atoms with Crippen molar-refractivity contribution < 1.29 is 9.53 Å².